The van der Waals surface area contributed by atoms with Crippen molar-refractivity contribution in [3.8, 4) is 0 Å². The van der Waals surface area contributed by atoms with Crippen molar-refractivity contribution >= 4 is 16.9 Å². The molecule has 0 aliphatic heterocycles. The van der Waals surface area contributed by atoms with E-state index in [4.69, 9.17) is 9.72 Å². The van der Waals surface area contributed by atoms with Gasteiger partial charge < -0.3 is 4.74 Å². The summed E-state index contributed by atoms with van der Waals surface area (Å²) in [5, 5.41) is 0.900. The highest BCUT2D eigenvalue weighted by atomic mass is 16.5. The van der Waals surface area contributed by atoms with Crippen molar-refractivity contribution in [2.24, 2.45) is 5.92 Å². The van der Waals surface area contributed by atoms with E-state index in [2.05, 4.69) is 53.7 Å². The molecule has 1 heterocycles. The summed E-state index contributed by atoms with van der Waals surface area (Å²) in [7, 11) is 0. The number of para-hydroxylation sites is 1. The van der Waals surface area contributed by atoms with Crippen LogP contribution in [0.25, 0.3) is 10.9 Å². The van der Waals surface area contributed by atoms with E-state index in [1.807, 2.05) is 24.3 Å². The second-order valence-corrected chi connectivity index (χ2v) is 10.2. The Kier molecular flexibility index (Phi) is 5.63. The highest BCUT2D eigenvalue weighted by Crippen LogP contribution is 2.33. The molecule has 4 rings (SSSR count). The zero-order chi connectivity index (χ0) is 22.3. The molecule has 0 saturated carbocycles. The van der Waals surface area contributed by atoms with Gasteiger partial charge in [-0.25, -0.2) is 4.79 Å². The third kappa shape index (κ3) is 4.23. The van der Waals surface area contributed by atoms with E-state index in [1.54, 1.807) is 0 Å². The third-order valence-electron chi connectivity index (χ3n) is 6.62. The van der Waals surface area contributed by atoms with Crippen LogP contribution in [-0.2, 0) is 29.6 Å². The van der Waals surface area contributed by atoms with Gasteiger partial charge >= 0.3 is 5.97 Å². The van der Waals surface area contributed by atoms with E-state index in [9.17, 15) is 4.79 Å². The monoisotopic (exact) mass is 415 g/mol. The first-order valence-corrected chi connectivity index (χ1v) is 11.3. The lowest BCUT2D eigenvalue weighted by Gasteiger charge is -2.24. The largest absolute Gasteiger partial charge is 0.457 e. The summed E-state index contributed by atoms with van der Waals surface area (Å²) in [4.78, 5) is 18.3. The molecular weight excluding hydrogens is 382 g/mol. The fraction of sp³-hybridized carbons (Fsp3) is 0.429. The molecule has 3 nitrogen and oxygen atoms in total. The van der Waals surface area contributed by atoms with Gasteiger partial charge in [-0.15, -0.1) is 0 Å². The highest BCUT2D eigenvalue weighted by Gasteiger charge is 2.26. The molecule has 2 aromatic carbocycles. The molecule has 1 aliphatic carbocycles. The minimum Gasteiger partial charge on any atom is -0.457 e. The number of pyridine rings is 1. The first-order chi connectivity index (χ1) is 14.6. The molecule has 1 aromatic heterocycles. The average Bonchev–Trinajstić information content (AvgIpc) is 2.70. The zero-order valence-corrected chi connectivity index (χ0v) is 19.6. The molecule has 162 valence electrons. The summed E-state index contributed by atoms with van der Waals surface area (Å²) in [6.07, 6.45) is 2.93. The van der Waals surface area contributed by atoms with Crippen LogP contribution in [0.1, 0.15) is 78.0 Å². The number of hydrogen-bond donors (Lipinski definition) is 0. The number of rotatable bonds is 3. The predicted molar refractivity (Wildman–Crippen MR) is 127 cm³/mol. The van der Waals surface area contributed by atoms with Crippen LogP contribution in [0.5, 0.6) is 0 Å². The van der Waals surface area contributed by atoms with Crippen molar-refractivity contribution in [3.05, 3.63) is 75.5 Å². The van der Waals surface area contributed by atoms with Crippen LogP contribution in [0.4, 0.5) is 0 Å². The smallest absolute Gasteiger partial charge is 0.339 e. The molecule has 0 spiro atoms. The summed E-state index contributed by atoms with van der Waals surface area (Å²) in [5.41, 5.74) is 8.59. The second kappa shape index (κ2) is 8.11. The van der Waals surface area contributed by atoms with Gasteiger partial charge in [0.1, 0.15) is 6.61 Å². The van der Waals surface area contributed by atoms with Crippen molar-refractivity contribution < 1.29 is 9.53 Å². The standard InChI is InChI=1S/C28H33NO2/c1-17-11-12-25-22(13-17)26(21-9-7-8-10-24(21)29-25)27(30)31-16-23-18(2)14-20(15-19(23)3)28(4,5)6/h7-10,14-15,17H,11-13,16H2,1-6H3. The number of nitrogens with zero attached hydrogens (tertiary/aromatic N) is 1. The van der Waals surface area contributed by atoms with Crippen molar-refractivity contribution in [1.82, 2.24) is 4.98 Å². The van der Waals surface area contributed by atoms with Crippen molar-refractivity contribution in [3.63, 3.8) is 0 Å². The Hall–Kier alpha value is -2.68. The highest BCUT2D eigenvalue weighted by molar-refractivity contribution is 6.05. The van der Waals surface area contributed by atoms with Gasteiger partial charge in [-0.3, -0.25) is 4.98 Å². The summed E-state index contributed by atoms with van der Waals surface area (Å²) < 4.78 is 5.94. The van der Waals surface area contributed by atoms with Gasteiger partial charge in [-0.2, -0.15) is 0 Å². The molecule has 1 aliphatic rings. The molecule has 0 N–H and O–H groups in total. The summed E-state index contributed by atoms with van der Waals surface area (Å²) >= 11 is 0. The lowest BCUT2D eigenvalue weighted by molar-refractivity contribution is 0.0472. The Morgan fingerprint density at radius 2 is 1.81 bits per heavy atom. The maximum absolute atomic E-state index is 13.4. The number of carbonyl (C=O) groups is 1. The van der Waals surface area contributed by atoms with Gasteiger partial charge in [-0.1, -0.05) is 58.0 Å². The molecule has 0 radical (unpaired) electrons. The second-order valence-electron chi connectivity index (χ2n) is 10.2. The number of benzene rings is 2. The number of esters is 1. The van der Waals surface area contributed by atoms with Crippen LogP contribution in [0.2, 0.25) is 0 Å². The molecule has 1 atom stereocenters. The Labute approximate surface area is 185 Å². The number of hydrogen-bond acceptors (Lipinski definition) is 3. The molecule has 31 heavy (non-hydrogen) atoms. The van der Waals surface area contributed by atoms with Crippen molar-refractivity contribution in [1.29, 1.82) is 0 Å². The fourth-order valence-corrected chi connectivity index (χ4v) is 4.66. The SMILES string of the molecule is Cc1cc(C(C)(C)C)cc(C)c1COC(=O)c1c2c(nc3ccccc13)CCC(C)C2. The van der Waals surface area contributed by atoms with E-state index in [1.165, 1.54) is 16.7 Å². The number of carbonyl (C=O) groups excluding carboxylic acids is 1. The predicted octanol–water partition coefficient (Wildman–Crippen LogP) is 6.63. The first-order valence-electron chi connectivity index (χ1n) is 11.3. The van der Waals surface area contributed by atoms with Crippen molar-refractivity contribution in [2.45, 2.75) is 72.8 Å². The number of aryl methyl sites for hydroxylation is 3. The molecule has 3 heteroatoms. The van der Waals surface area contributed by atoms with Crippen molar-refractivity contribution in [2.75, 3.05) is 0 Å². The van der Waals surface area contributed by atoms with Crippen LogP contribution in [0.3, 0.4) is 0 Å². The average molecular weight is 416 g/mol. The van der Waals surface area contributed by atoms with Crippen LogP contribution in [0, 0.1) is 19.8 Å². The Balaban J connectivity index is 1.68. The maximum atomic E-state index is 13.4. The van der Waals surface area contributed by atoms with Crippen LogP contribution in [0.15, 0.2) is 36.4 Å². The van der Waals surface area contributed by atoms with E-state index in [0.29, 0.717) is 18.1 Å². The van der Waals surface area contributed by atoms with Gasteiger partial charge in [0, 0.05) is 11.1 Å². The number of ether oxygens (including phenoxy) is 1. The third-order valence-corrected chi connectivity index (χ3v) is 6.62. The van der Waals surface area contributed by atoms with E-state index < -0.39 is 0 Å². The Morgan fingerprint density at radius 1 is 1.13 bits per heavy atom. The minimum atomic E-state index is -0.234. The summed E-state index contributed by atoms with van der Waals surface area (Å²) in [6, 6.07) is 12.4. The van der Waals surface area contributed by atoms with Gasteiger partial charge in [0.2, 0.25) is 0 Å². The molecular formula is C28H33NO2. The van der Waals surface area contributed by atoms with Crippen LogP contribution >= 0.6 is 0 Å². The Bertz CT molecular complexity index is 1130. The lowest BCUT2D eigenvalue weighted by atomic mass is 9.84. The quantitative estimate of drug-likeness (QED) is 0.451. The number of fused-ring (bicyclic) bond motifs is 2. The lowest BCUT2D eigenvalue weighted by Crippen LogP contribution is -2.19. The minimum absolute atomic E-state index is 0.0937. The maximum Gasteiger partial charge on any atom is 0.339 e. The molecule has 0 saturated heterocycles. The zero-order valence-electron chi connectivity index (χ0n) is 19.6. The van der Waals surface area contributed by atoms with E-state index in [-0.39, 0.29) is 11.4 Å². The molecule has 3 aromatic rings. The normalized spacial score (nSPS) is 16.3. The topological polar surface area (TPSA) is 39.2 Å². The molecule has 0 fully saturated rings. The van der Waals surface area contributed by atoms with Gasteiger partial charge in [0.15, 0.2) is 0 Å². The Morgan fingerprint density at radius 3 is 2.48 bits per heavy atom. The van der Waals surface area contributed by atoms with Gasteiger partial charge in [-0.05, 0) is 78.3 Å². The van der Waals surface area contributed by atoms with Crippen LogP contribution < -0.4 is 0 Å². The summed E-state index contributed by atoms with van der Waals surface area (Å²) in [6.45, 7) is 13.4. The van der Waals surface area contributed by atoms with Gasteiger partial charge in [0.05, 0.1) is 11.1 Å². The molecule has 1 unspecified atom stereocenters. The van der Waals surface area contributed by atoms with E-state index in [0.717, 1.165) is 47.0 Å². The fourth-order valence-electron chi connectivity index (χ4n) is 4.66. The van der Waals surface area contributed by atoms with E-state index >= 15 is 0 Å². The van der Waals surface area contributed by atoms with Gasteiger partial charge in [0.25, 0.3) is 0 Å². The molecule has 0 amide bonds. The summed E-state index contributed by atoms with van der Waals surface area (Å²) in [5.74, 6) is 0.319. The first kappa shape index (κ1) is 21.5. The number of aromatic nitrogens is 1. The molecule has 0 bridgehead atoms. The van der Waals surface area contributed by atoms with Crippen LogP contribution in [-0.4, -0.2) is 11.0 Å².